The van der Waals surface area contributed by atoms with Crippen LogP contribution in [0, 0.1) is 0 Å². The number of aromatic nitrogens is 2. The van der Waals surface area contributed by atoms with Crippen LogP contribution in [0.4, 0.5) is 0 Å². The molecule has 8 heteroatoms. The molecular weight excluding hydrogens is 457 g/mol. The van der Waals surface area contributed by atoms with E-state index in [4.69, 9.17) is 9.26 Å². The van der Waals surface area contributed by atoms with E-state index in [1.807, 2.05) is 58.9 Å². The monoisotopic (exact) mass is 487 g/mol. The van der Waals surface area contributed by atoms with E-state index in [0.717, 1.165) is 17.9 Å². The smallest absolute Gasteiger partial charge is 0.232 e. The van der Waals surface area contributed by atoms with E-state index in [-0.39, 0.29) is 29.4 Å². The first-order valence-electron chi connectivity index (χ1n) is 9.00. The molecule has 0 aliphatic carbocycles. The Labute approximate surface area is 178 Å². The maximum absolute atomic E-state index is 5.65. The largest absolute Gasteiger partial charge is 0.494 e. The minimum atomic E-state index is -0.160. The molecule has 1 heterocycles. The van der Waals surface area contributed by atoms with Crippen molar-refractivity contribution in [1.29, 1.82) is 0 Å². The molecule has 2 N–H and O–H groups in total. The van der Waals surface area contributed by atoms with Gasteiger partial charge in [0.1, 0.15) is 5.75 Å². The van der Waals surface area contributed by atoms with Crippen molar-refractivity contribution >= 4 is 29.9 Å². The molecule has 150 valence electrons. The summed E-state index contributed by atoms with van der Waals surface area (Å²) in [6, 6.07) is 7.93. The van der Waals surface area contributed by atoms with E-state index < -0.39 is 0 Å². The summed E-state index contributed by atoms with van der Waals surface area (Å²) in [5, 5.41) is 10.5. The second-order valence-corrected chi connectivity index (χ2v) is 6.86. The van der Waals surface area contributed by atoms with Crippen molar-refractivity contribution < 1.29 is 9.26 Å². The van der Waals surface area contributed by atoms with Crippen LogP contribution in [-0.2, 0) is 18.5 Å². The summed E-state index contributed by atoms with van der Waals surface area (Å²) < 4.78 is 11.0. The Kier molecular flexibility index (Phi) is 9.54. The van der Waals surface area contributed by atoms with Gasteiger partial charge in [-0.25, -0.2) is 4.99 Å². The molecule has 0 unspecified atom stereocenters. The third-order valence-electron chi connectivity index (χ3n) is 3.55. The molecule has 7 nitrogen and oxygen atoms in total. The summed E-state index contributed by atoms with van der Waals surface area (Å²) in [4.78, 5) is 9.05. The molecule has 0 spiro atoms. The number of nitrogens with zero attached hydrogens (tertiary/aromatic N) is 3. The molecule has 0 radical (unpaired) electrons. The molecule has 1 aromatic heterocycles. The van der Waals surface area contributed by atoms with Gasteiger partial charge >= 0.3 is 0 Å². The van der Waals surface area contributed by atoms with Crippen LogP contribution < -0.4 is 15.4 Å². The summed E-state index contributed by atoms with van der Waals surface area (Å²) in [5.41, 5.74) is 0.883. The van der Waals surface area contributed by atoms with Crippen molar-refractivity contribution in [3.63, 3.8) is 0 Å². The highest BCUT2D eigenvalue weighted by Crippen LogP contribution is 2.20. The van der Waals surface area contributed by atoms with Crippen LogP contribution in [0.3, 0.4) is 0 Å². The van der Waals surface area contributed by atoms with Gasteiger partial charge in [0.05, 0.1) is 19.7 Å². The Morgan fingerprint density at radius 1 is 1.19 bits per heavy atom. The molecular formula is C19H30IN5O2. The molecule has 0 saturated carbocycles. The fourth-order valence-electron chi connectivity index (χ4n) is 2.23. The average Bonchev–Trinajstić information content (AvgIpc) is 3.08. The average molecular weight is 487 g/mol. The van der Waals surface area contributed by atoms with Crippen LogP contribution in [0.1, 0.15) is 51.9 Å². The third-order valence-corrected chi connectivity index (χ3v) is 3.55. The predicted octanol–water partition coefficient (Wildman–Crippen LogP) is 3.64. The van der Waals surface area contributed by atoms with Crippen LogP contribution in [-0.4, -0.2) is 29.3 Å². The number of halogens is 1. The highest BCUT2D eigenvalue weighted by molar-refractivity contribution is 14.0. The van der Waals surface area contributed by atoms with Crippen LogP contribution >= 0.6 is 24.0 Å². The molecule has 0 aliphatic rings. The summed E-state index contributed by atoms with van der Waals surface area (Å²) in [6.07, 6.45) is 0. The summed E-state index contributed by atoms with van der Waals surface area (Å²) in [5.74, 6) is 2.79. The number of ether oxygens (including phenoxy) is 1. The van der Waals surface area contributed by atoms with Gasteiger partial charge in [-0.1, -0.05) is 44.1 Å². The van der Waals surface area contributed by atoms with Crippen molar-refractivity contribution in [3.8, 4) is 5.75 Å². The first kappa shape index (κ1) is 23.2. The molecule has 2 rings (SSSR count). The Bertz CT molecular complexity index is 725. The van der Waals surface area contributed by atoms with Crippen molar-refractivity contribution in [1.82, 2.24) is 20.8 Å². The van der Waals surface area contributed by atoms with Gasteiger partial charge in [0.15, 0.2) is 11.8 Å². The van der Waals surface area contributed by atoms with Crippen LogP contribution in [0.15, 0.2) is 33.8 Å². The van der Waals surface area contributed by atoms with Gasteiger partial charge in [-0.05, 0) is 19.9 Å². The lowest BCUT2D eigenvalue weighted by Gasteiger charge is -2.12. The number of nitrogens with one attached hydrogen (secondary N) is 2. The molecule has 0 saturated heterocycles. The van der Waals surface area contributed by atoms with Crippen LogP contribution in [0.25, 0.3) is 0 Å². The van der Waals surface area contributed by atoms with Crippen LogP contribution in [0.5, 0.6) is 5.75 Å². The molecule has 0 aliphatic heterocycles. The van der Waals surface area contributed by atoms with Gasteiger partial charge in [0.25, 0.3) is 0 Å². The number of aliphatic imine (C=N–C) groups is 1. The van der Waals surface area contributed by atoms with Crippen molar-refractivity contribution in [2.45, 2.75) is 53.1 Å². The Morgan fingerprint density at radius 2 is 1.93 bits per heavy atom. The van der Waals surface area contributed by atoms with Crippen molar-refractivity contribution in [2.24, 2.45) is 4.99 Å². The van der Waals surface area contributed by atoms with E-state index in [0.29, 0.717) is 37.4 Å². The van der Waals surface area contributed by atoms with E-state index in [2.05, 4.69) is 25.8 Å². The zero-order chi connectivity index (χ0) is 19.0. The molecule has 27 heavy (non-hydrogen) atoms. The number of para-hydroxylation sites is 1. The summed E-state index contributed by atoms with van der Waals surface area (Å²) in [7, 11) is 0. The Hall–Kier alpha value is -1.84. The molecule has 0 atom stereocenters. The second kappa shape index (κ2) is 11.1. The lowest BCUT2D eigenvalue weighted by Crippen LogP contribution is -2.37. The van der Waals surface area contributed by atoms with Gasteiger partial charge in [0.2, 0.25) is 5.89 Å². The van der Waals surface area contributed by atoms with Gasteiger partial charge in [-0.15, -0.1) is 24.0 Å². The lowest BCUT2D eigenvalue weighted by atomic mass is 9.97. The summed E-state index contributed by atoms with van der Waals surface area (Å²) >= 11 is 0. The Morgan fingerprint density at radius 3 is 2.56 bits per heavy atom. The number of rotatable bonds is 7. The van der Waals surface area contributed by atoms with E-state index >= 15 is 0 Å². The Balaban J connectivity index is 0.00000364. The highest BCUT2D eigenvalue weighted by atomic mass is 127. The van der Waals surface area contributed by atoms with Gasteiger partial charge in [-0.3, -0.25) is 0 Å². The maximum atomic E-state index is 5.65. The zero-order valence-corrected chi connectivity index (χ0v) is 19.0. The fourth-order valence-corrected chi connectivity index (χ4v) is 2.23. The van der Waals surface area contributed by atoms with Gasteiger partial charge in [0, 0.05) is 17.5 Å². The maximum Gasteiger partial charge on any atom is 0.232 e. The van der Waals surface area contributed by atoms with E-state index in [1.165, 1.54) is 0 Å². The second-order valence-electron chi connectivity index (χ2n) is 6.86. The number of hydrogen-bond acceptors (Lipinski definition) is 5. The minimum Gasteiger partial charge on any atom is -0.494 e. The summed E-state index contributed by atoms with van der Waals surface area (Å²) in [6.45, 7) is 12.5. The molecule has 0 fully saturated rings. The number of hydrogen-bond donors (Lipinski definition) is 2. The molecule has 0 bridgehead atoms. The highest BCUT2D eigenvalue weighted by Gasteiger charge is 2.21. The van der Waals surface area contributed by atoms with Gasteiger partial charge in [-0.2, -0.15) is 4.98 Å². The van der Waals surface area contributed by atoms with Crippen LogP contribution in [0.2, 0.25) is 0 Å². The zero-order valence-electron chi connectivity index (χ0n) is 16.7. The number of benzene rings is 1. The van der Waals surface area contributed by atoms with E-state index in [1.54, 1.807) is 0 Å². The normalized spacial score (nSPS) is 11.7. The van der Waals surface area contributed by atoms with Crippen molar-refractivity contribution in [2.75, 3.05) is 13.2 Å². The quantitative estimate of drug-likeness (QED) is 0.353. The molecule has 1 aromatic carbocycles. The minimum absolute atomic E-state index is 0. The fraction of sp³-hybridized carbons (Fsp3) is 0.526. The third kappa shape index (κ3) is 7.36. The first-order valence-corrected chi connectivity index (χ1v) is 9.00. The van der Waals surface area contributed by atoms with E-state index in [9.17, 15) is 0 Å². The topological polar surface area (TPSA) is 84.6 Å². The standard InChI is InChI=1S/C19H29N5O2.HI/c1-6-20-18(21-12-14-10-8-9-11-15(14)25-7-2)22-13-16-23-17(26-24-16)19(3,4)5;/h8-11H,6-7,12-13H2,1-5H3,(H2,20,21,22);1H. The SMILES string of the molecule is CCNC(=NCc1ccccc1OCC)NCc1noc(C(C)(C)C)n1.I. The molecule has 0 amide bonds. The molecule has 2 aromatic rings. The van der Waals surface area contributed by atoms with Gasteiger partial charge < -0.3 is 19.9 Å². The number of guanidine groups is 1. The van der Waals surface area contributed by atoms with Crippen molar-refractivity contribution in [3.05, 3.63) is 41.5 Å². The predicted molar refractivity (Wildman–Crippen MR) is 118 cm³/mol. The lowest BCUT2D eigenvalue weighted by molar-refractivity contribution is 0.318. The first-order chi connectivity index (χ1) is 12.4.